The third kappa shape index (κ3) is 5.81. The molecule has 4 aromatic carbocycles. The van der Waals surface area contributed by atoms with E-state index in [9.17, 15) is 14.7 Å². The van der Waals surface area contributed by atoms with Gasteiger partial charge in [0.15, 0.2) is 11.5 Å². The van der Waals surface area contributed by atoms with E-state index in [-0.39, 0.29) is 35.5 Å². The number of phenols is 1. The summed E-state index contributed by atoms with van der Waals surface area (Å²) in [6, 6.07) is 26.9. The van der Waals surface area contributed by atoms with E-state index in [1.165, 1.54) is 24.0 Å². The predicted molar refractivity (Wildman–Crippen MR) is 219 cm³/mol. The number of fused-ring (bicyclic) bond motifs is 4. The molecule has 0 spiro atoms. The molecule has 0 unspecified atom stereocenters. The Bertz CT molecular complexity index is 2350. The van der Waals surface area contributed by atoms with Crippen LogP contribution in [0, 0.1) is 29.6 Å². The lowest BCUT2D eigenvalue weighted by Crippen LogP contribution is -2.54. The fourth-order valence-electron chi connectivity index (χ4n) is 10.1. The highest BCUT2D eigenvalue weighted by atomic mass is 35.5. The molecule has 0 aromatic heterocycles. The molecule has 5 aliphatic rings. The minimum absolute atomic E-state index is 0.153. The highest BCUT2D eigenvalue weighted by Gasteiger charge is 2.69. The summed E-state index contributed by atoms with van der Waals surface area (Å²) < 4.78 is 16.4. The van der Waals surface area contributed by atoms with Gasteiger partial charge in [-0.15, -0.1) is 0 Å². The highest BCUT2D eigenvalue weighted by molar-refractivity contribution is 6.32. The van der Waals surface area contributed by atoms with Gasteiger partial charge < -0.3 is 24.2 Å². The summed E-state index contributed by atoms with van der Waals surface area (Å²) in [5.41, 5.74) is 2.54. The van der Waals surface area contributed by atoms with Gasteiger partial charge in [0.2, 0.25) is 29.4 Å². The SMILES string of the molecule is COc1cc(C=C[C@H]2C3=CC[C@@H]4C(=O)N(c5ccc(N6CCOCC6)cc5)C(=O)[C@@H]4[C@@H]3C[C@H]3C(=O)N(c4cccc(Cl)c4)C(=O)[C@@]23c2ccccc2)cc(OC)c1O. The number of carbonyl (C=O) groups is 4. The van der Waals surface area contributed by atoms with E-state index in [0.29, 0.717) is 47.2 Å². The summed E-state index contributed by atoms with van der Waals surface area (Å²) in [4.78, 5) is 64.3. The molecule has 0 bridgehead atoms. The van der Waals surface area contributed by atoms with Gasteiger partial charge in [-0.05, 0) is 84.5 Å². The number of rotatable bonds is 8. The summed E-state index contributed by atoms with van der Waals surface area (Å²) >= 11 is 6.44. The van der Waals surface area contributed by atoms with E-state index in [1.54, 1.807) is 36.4 Å². The summed E-state index contributed by atoms with van der Waals surface area (Å²) in [6.07, 6.45) is 6.24. The summed E-state index contributed by atoms with van der Waals surface area (Å²) in [6.45, 7) is 2.78. The molecule has 6 atom stereocenters. The predicted octanol–water partition coefficient (Wildman–Crippen LogP) is 6.81. The second kappa shape index (κ2) is 14.8. The normalized spacial score (nSPS) is 26.8. The van der Waals surface area contributed by atoms with Crippen LogP contribution in [-0.4, -0.2) is 69.3 Å². The zero-order chi connectivity index (χ0) is 40.3. The number of anilines is 3. The maximum atomic E-state index is 15.4. The Morgan fingerprint density at radius 1 is 0.776 bits per heavy atom. The zero-order valence-electron chi connectivity index (χ0n) is 32.0. The molecule has 3 heterocycles. The molecule has 58 heavy (non-hydrogen) atoms. The Morgan fingerprint density at radius 3 is 2.14 bits per heavy atom. The Hall–Kier alpha value is -5.91. The third-order valence-corrected chi connectivity index (χ3v) is 12.9. The Kier molecular flexibility index (Phi) is 9.60. The van der Waals surface area contributed by atoms with Crippen molar-refractivity contribution in [2.75, 3.05) is 55.2 Å². The third-order valence-electron chi connectivity index (χ3n) is 12.7. The molecule has 4 fully saturated rings. The fraction of sp³-hybridized carbons (Fsp3) is 0.304. The first-order valence-corrected chi connectivity index (χ1v) is 19.9. The van der Waals surface area contributed by atoms with E-state index in [1.807, 2.05) is 72.8 Å². The standard InChI is InChI=1S/C46H42ClN3O8/c1-56-38-23-27(24-39(57-2)41(38)51)11-18-36-33-16-17-34-40(44(54)49(42(34)52)31-14-12-30(13-15-31)48-19-21-58-22-20-48)35(33)26-37-43(53)50(32-10-6-9-29(47)25-32)45(55)46(36,37)28-7-4-3-5-8-28/h3-16,18,23-25,34-37,40,51H,17,19-22,26H2,1-2H3/t34-,35+,36-,37-,40-,46-/m0/s1. The topological polar surface area (TPSA) is 126 Å². The maximum Gasteiger partial charge on any atom is 0.246 e. The van der Waals surface area contributed by atoms with E-state index < -0.39 is 46.8 Å². The Labute approximate surface area is 341 Å². The fourth-order valence-corrected chi connectivity index (χ4v) is 10.3. The number of morpholine rings is 1. The second-order valence-corrected chi connectivity index (χ2v) is 15.8. The molecule has 3 aliphatic heterocycles. The Morgan fingerprint density at radius 2 is 1.47 bits per heavy atom. The van der Waals surface area contributed by atoms with E-state index in [2.05, 4.69) is 4.90 Å². The van der Waals surface area contributed by atoms with Gasteiger partial charge in [-0.25, -0.2) is 4.90 Å². The van der Waals surface area contributed by atoms with Crippen molar-refractivity contribution in [3.8, 4) is 17.2 Å². The first-order valence-electron chi connectivity index (χ1n) is 19.5. The lowest BCUT2D eigenvalue weighted by atomic mass is 9.50. The molecule has 1 saturated carbocycles. The van der Waals surface area contributed by atoms with Crippen LogP contribution in [-0.2, 0) is 29.3 Å². The van der Waals surface area contributed by atoms with Crippen molar-refractivity contribution in [3.63, 3.8) is 0 Å². The molecule has 9 rings (SSSR count). The summed E-state index contributed by atoms with van der Waals surface area (Å²) in [7, 11) is 2.89. The molecule has 296 valence electrons. The minimum atomic E-state index is -1.42. The second-order valence-electron chi connectivity index (χ2n) is 15.4. The lowest BCUT2D eigenvalue weighted by molar-refractivity contribution is -0.128. The van der Waals surface area contributed by atoms with Crippen LogP contribution in [0.4, 0.5) is 17.1 Å². The van der Waals surface area contributed by atoms with Gasteiger partial charge >= 0.3 is 0 Å². The van der Waals surface area contributed by atoms with Crippen molar-refractivity contribution in [3.05, 3.63) is 125 Å². The number of ether oxygens (including phenoxy) is 3. The molecule has 0 radical (unpaired) electrons. The Balaban J connectivity index is 1.17. The van der Waals surface area contributed by atoms with Gasteiger partial charge in [-0.3, -0.25) is 24.1 Å². The average Bonchev–Trinajstić information content (AvgIpc) is 3.64. The number of benzene rings is 4. The number of phenolic OH excluding ortho intramolecular Hbond substituents is 1. The lowest BCUT2D eigenvalue weighted by Gasteiger charge is -2.49. The summed E-state index contributed by atoms with van der Waals surface area (Å²) in [5.74, 6) is -4.65. The smallest absolute Gasteiger partial charge is 0.246 e. The number of hydrogen-bond donors (Lipinski definition) is 1. The van der Waals surface area contributed by atoms with Crippen LogP contribution >= 0.6 is 11.6 Å². The molecular formula is C46H42ClN3O8. The van der Waals surface area contributed by atoms with Crippen LogP contribution in [0.2, 0.25) is 5.02 Å². The van der Waals surface area contributed by atoms with Crippen LogP contribution in [0.5, 0.6) is 17.2 Å². The number of nitrogens with zero attached hydrogens (tertiary/aromatic N) is 3. The van der Waals surface area contributed by atoms with Crippen LogP contribution < -0.4 is 24.2 Å². The van der Waals surface area contributed by atoms with Gasteiger partial charge in [0.05, 0.1) is 62.0 Å². The number of imide groups is 2. The van der Waals surface area contributed by atoms with E-state index >= 15 is 9.59 Å². The molecule has 4 amide bonds. The molecule has 11 nitrogen and oxygen atoms in total. The number of halogens is 1. The number of hydrogen-bond acceptors (Lipinski definition) is 9. The van der Waals surface area contributed by atoms with Crippen LogP contribution in [0.15, 0.2) is 109 Å². The van der Waals surface area contributed by atoms with Gasteiger partial charge in [0.25, 0.3) is 0 Å². The van der Waals surface area contributed by atoms with Crippen molar-refractivity contribution in [1.82, 2.24) is 0 Å². The average molecular weight is 800 g/mol. The molecule has 1 N–H and O–H groups in total. The molecule has 12 heteroatoms. The van der Waals surface area contributed by atoms with Gasteiger partial charge in [0.1, 0.15) is 0 Å². The first-order chi connectivity index (χ1) is 28.2. The highest BCUT2D eigenvalue weighted by Crippen LogP contribution is 2.62. The first kappa shape index (κ1) is 37.7. The maximum absolute atomic E-state index is 15.4. The molecule has 4 aromatic rings. The van der Waals surface area contributed by atoms with Gasteiger partial charge in [-0.2, -0.15) is 0 Å². The van der Waals surface area contributed by atoms with Crippen LogP contribution in [0.1, 0.15) is 24.0 Å². The van der Waals surface area contributed by atoms with Crippen molar-refractivity contribution in [2.45, 2.75) is 18.3 Å². The zero-order valence-corrected chi connectivity index (χ0v) is 32.8. The van der Waals surface area contributed by atoms with Gasteiger partial charge in [-0.1, -0.05) is 71.8 Å². The van der Waals surface area contributed by atoms with Crippen LogP contribution in [0.3, 0.4) is 0 Å². The van der Waals surface area contributed by atoms with Gasteiger partial charge in [0, 0.05) is 29.7 Å². The monoisotopic (exact) mass is 799 g/mol. The quantitative estimate of drug-likeness (QED) is 0.151. The van der Waals surface area contributed by atoms with E-state index in [0.717, 1.165) is 24.4 Å². The molecular weight excluding hydrogens is 758 g/mol. The van der Waals surface area contributed by atoms with Crippen LogP contribution in [0.25, 0.3) is 6.08 Å². The summed E-state index contributed by atoms with van der Waals surface area (Å²) in [5, 5.41) is 11.1. The molecule has 2 aliphatic carbocycles. The van der Waals surface area contributed by atoms with Crippen molar-refractivity contribution in [2.24, 2.45) is 29.6 Å². The minimum Gasteiger partial charge on any atom is -0.502 e. The van der Waals surface area contributed by atoms with Crippen molar-refractivity contribution < 1.29 is 38.5 Å². The van der Waals surface area contributed by atoms with Crippen molar-refractivity contribution in [1.29, 1.82) is 0 Å². The van der Waals surface area contributed by atoms with E-state index in [4.69, 9.17) is 25.8 Å². The number of carbonyl (C=O) groups excluding carboxylic acids is 4. The number of amides is 4. The van der Waals surface area contributed by atoms with Crippen molar-refractivity contribution >= 4 is 58.4 Å². The largest absolute Gasteiger partial charge is 0.502 e. The number of aromatic hydroxyl groups is 1. The number of allylic oxidation sites excluding steroid dienone is 3. The number of methoxy groups -OCH3 is 2. The molecule has 3 saturated heterocycles.